The molecule has 0 aliphatic carbocycles. The largest absolute Gasteiger partial charge is 0.397 e. The summed E-state index contributed by atoms with van der Waals surface area (Å²) in [6.45, 7) is 2.13. The zero-order chi connectivity index (χ0) is 14.1. The molecule has 1 aliphatic heterocycles. The van der Waals surface area contributed by atoms with E-state index < -0.39 is 0 Å². The zero-order valence-electron chi connectivity index (χ0n) is 11.3. The number of benzene rings is 1. The lowest BCUT2D eigenvalue weighted by molar-refractivity contribution is -0.115. The van der Waals surface area contributed by atoms with E-state index in [0.29, 0.717) is 12.1 Å². The molecule has 1 aromatic carbocycles. The number of hydrogen-bond acceptors (Lipinski definition) is 4. The molecule has 3 rings (SSSR count). The van der Waals surface area contributed by atoms with Crippen molar-refractivity contribution in [3.05, 3.63) is 40.1 Å². The Morgan fingerprint density at radius 2 is 2.35 bits per heavy atom. The number of nitrogen functional groups attached to an aromatic ring is 1. The quantitative estimate of drug-likeness (QED) is 0.757. The van der Waals surface area contributed by atoms with E-state index in [2.05, 4.69) is 34.4 Å². The van der Waals surface area contributed by atoms with Crippen LogP contribution in [0.15, 0.2) is 29.0 Å². The minimum Gasteiger partial charge on any atom is -0.397 e. The van der Waals surface area contributed by atoms with Gasteiger partial charge in [0.1, 0.15) is 0 Å². The maximum Gasteiger partial charge on any atom is 0.228 e. The van der Waals surface area contributed by atoms with Gasteiger partial charge < -0.3 is 16.4 Å². The monoisotopic (exact) mass is 287 g/mol. The Morgan fingerprint density at radius 1 is 1.50 bits per heavy atom. The van der Waals surface area contributed by atoms with Gasteiger partial charge in [0.2, 0.25) is 5.91 Å². The predicted octanol–water partition coefficient (Wildman–Crippen LogP) is 2.87. The van der Waals surface area contributed by atoms with Crippen LogP contribution in [0.4, 0.5) is 17.1 Å². The fourth-order valence-electron chi connectivity index (χ4n) is 2.50. The minimum atomic E-state index is 0.0304. The van der Waals surface area contributed by atoms with Gasteiger partial charge >= 0.3 is 0 Å². The van der Waals surface area contributed by atoms with Crippen molar-refractivity contribution in [2.75, 3.05) is 16.4 Å². The molecule has 2 aromatic rings. The van der Waals surface area contributed by atoms with Crippen LogP contribution < -0.4 is 16.4 Å². The summed E-state index contributed by atoms with van der Waals surface area (Å²) in [6, 6.07) is 6.23. The normalized spacial score (nSPS) is 14.8. The molecule has 0 spiro atoms. The van der Waals surface area contributed by atoms with Crippen molar-refractivity contribution in [2.45, 2.75) is 25.8 Å². The predicted molar refractivity (Wildman–Crippen MR) is 84.3 cm³/mol. The van der Waals surface area contributed by atoms with Crippen LogP contribution in [0, 0.1) is 0 Å². The van der Waals surface area contributed by atoms with Gasteiger partial charge in [-0.3, -0.25) is 4.79 Å². The van der Waals surface area contributed by atoms with Gasteiger partial charge in [-0.05, 0) is 53.4 Å². The molecule has 0 fully saturated rings. The second kappa shape index (κ2) is 5.17. The molecule has 4 nitrogen and oxygen atoms in total. The van der Waals surface area contributed by atoms with Gasteiger partial charge in [0.05, 0.1) is 17.8 Å². The minimum absolute atomic E-state index is 0.0304. The number of amides is 1. The summed E-state index contributed by atoms with van der Waals surface area (Å²) in [5.74, 6) is 0.0304. The average Bonchev–Trinajstić information content (AvgIpc) is 2.98. The van der Waals surface area contributed by atoms with E-state index in [1.807, 2.05) is 12.1 Å². The SMILES string of the molecule is CC(Cc1ccsc1)Nc1cc2c(cc1N)CC(=O)N2. The Hall–Kier alpha value is -2.01. The van der Waals surface area contributed by atoms with E-state index >= 15 is 0 Å². The fourth-order valence-corrected chi connectivity index (χ4v) is 3.18. The smallest absolute Gasteiger partial charge is 0.228 e. The summed E-state index contributed by atoms with van der Waals surface area (Å²) in [5.41, 5.74) is 10.8. The van der Waals surface area contributed by atoms with Crippen molar-refractivity contribution >= 4 is 34.3 Å². The molecule has 1 aromatic heterocycles. The third-order valence-corrected chi connectivity index (χ3v) is 4.16. The van der Waals surface area contributed by atoms with Gasteiger partial charge in [-0.15, -0.1) is 0 Å². The summed E-state index contributed by atoms with van der Waals surface area (Å²) in [7, 11) is 0. The Balaban J connectivity index is 1.74. The van der Waals surface area contributed by atoms with Crippen LogP contribution in [0.1, 0.15) is 18.1 Å². The Morgan fingerprint density at radius 3 is 3.10 bits per heavy atom. The Kier molecular flexibility index (Phi) is 3.36. The second-order valence-corrected chi connectivity index (χ2v) is 5.98. The molecule has 1 aliphatic rings. The van der Waals surface area contributed by atoms with Crippen molar-refractivity contribution < 1.29 is 4.79 Å². The molecule has 0 bridgehead atoms. The van der Waals surface area contributed by atoms with Crippen LogP contribution >= 0.6 is 11.3 Å². The van der Waals surface area contributed by atoms with E-state index in [0.717, 1.165) is 23.4 Å². The van der Waals surface area contributed by atoms with Gasteiger partial charge in [0.15, 0.2) is 0 Å². The van der Waals surface area contributed by atoms with Crippen molar-refractivity contribution in [1.29, 1.82) is 0 Å². The van der Waals surface area contributed by atoms with Gasteiger partial charge in [-0.2, -0.15) is 11.3 Å². The fraction of sp³-hybridized carbons (Fsp3) is 0.267. The number of nitrogens with two attached hydrogens (primary N) is 1. The summed E-state index contributed by atoms with van der Waals surface area (Å²) < 4.78 is 0. The molecular formula is C15H17N3OS. The van der Waals surface area contributed by atoms with Crippen LogP contribution in [0.3, 0.4) is 0 Å². The molecule has 1 unspecified atom stereocenters. The third kappa shape index (κ3) is 2.63. The van der Waals surface area contributed by atoms with Crippen molar-refractivity contribution in [3.8, 4) is 0 Å². The lowest BCUT2D eigenvalue weighted by Crippen LogP contribution is -2.18. The molecule has 20 heavy (non-hydrogen) atoms. The second-order valence-electron chi connectivity index (χ2n) is 5.20. The molecule has 5 heteroatoms. The summed E-state index contributed by atoms with van der Waals surface area (Å²) in [4.78, 5) is 11.4. The first-order chi connectivity index (χ1) is 9.61. The number of carbonyl (C=O) groups is 1. The molecular weight excluding hydrogens is 270 g/mol. The summed E-state index contributed by atoms with van der Waals surface area (Å²) in [5, 5.41) is 10.5. The Labute approximate surface area is 122 Å². The molecule has 0 saturated heterocycles. The standard InChI is InChI=1S/C15H17N3OS/c1-9(4-10-2-3-20-8-10)17-14-7-13-11(5-12(14)16)6-15(19)18-13/h2-3,5,7-9,17H,4,6,16H2,1H3,(H,18,19). The lowest BCUT2D eigenvalue weighted by Gasteiger charge is -2.17. The molecule has 0 radical (unpaired) electrons. The van der Waals surface area contributed by atoms with E-state index in [9.17, 15) is 4.79 Å². The first-order valence-electron chi connectivity index (χ1n) is 6.61. The molecule has 0 saturated carbocycles. The van der Waals surface area contributed by atoms with E-state index in [1.54, 1.807) is 11.3 Å². The van der Waals surface area contributed by atoms with Gasteiger partial charge in [0.25, 0.3) is 0 Å². The van der Waals surface area contributed by atoms with Crippen molar-refractivity contribution in [3.63, 3.8) is 0 Å². The molecule has 1 atom stereocenters. The third-order valence-electron chi connectivity index (χ3n) is 3.42. The maximum absolute atomic E-state index is 11.4. The topological polar surface area (TPSA) is 67.1 Å². The number of fused-ring (bicyclic) bond motifs is 1. The highest BCUT2D eigenvalue weighted by atomic mass is 32.1. The van der Waals surface area contributed by atoms with Crippen LogP contribution in [-0.2, 0) is 17.6 Å². The van der Waals surface area contributed by atoms with Crippen molar-refractivity contribution in [1.82, 2.24) is 0 Å². The van der Waals surface area contributed by atoms with Crippen LogP contribution in [0.5, 0.6) is 0 Å². The molecule has 104 valence electrons. The lowest BCUT2D eigenvalue weighted by atomic mass is 10.1. The van der Waals surface area contributed by atoms with Crippen LogP contribution in [-0.4, -0.2) is 11.9 Å². The first-order valence-corrected chi connectivity index (χ1v) is 7.56. The highest BCUT2D eigenvalue weighted by Gasteiger charge is 2.19. The highest BCUT2D eigenvalue weighted by molar-refractivity contribution is 7.07. The van der Waals surface area contributed by atoms with E-state index in [4.69, 9.17) is 5.73 Å². The van der Waals surface area contributed by atoms with E-state index in [-0.39, 0.29) is 11.9 Å². The van der Waals surface area contributed by atoms with Gasteiger partial charge in [-0.1, -0.05) is 0 Å². The summed E-state index contributed by atoms with van der Waals surface area (Å²) >= 11 is 1.71. The average molecular weight is 287 g/mol. The number of hydrogen-bond donors (Lipinski definition) is 3. The summed E-state index contributed by atoms with van der Waals surface area (Å²) in [6.07, 6.45) is 1.37. The molecule has 4 N–H and O–H groups in total. The number of carbonyl (C=O) groups excluding carboxylic acids is 1. The first kappa shape index (κ1) is 13.0. The van der Waals surface area contributed by atoms with E-state index in [1.165, 1.54) is 5.56 Å². The van der Waals surface area contributed by atoms with Crippen molar-refractivity contribution in [2.24, 2.45) is 0 Å². The number of nitrogens with one attached hydrogen (secondary N) is 2. The molecule has 2 heterocycles. The maximum atomic E-state index is 11.4. The van der Waals surface area contributed by atoms with Gasteiger partial charge in [0, 0.05) is 11.7 Å². The van der Waals surface area contributed by atoms with Crippen LogP contribution in [0.2, 0.25) is 0 Å². The highest BCUT2D eigenvalue weighted by Crippen LogP contribution is 2.32. The number of thiophene rings is 1. The number of rotatable bonds is 4. The van der Waals surface area contributed by atoms with Crippen LogP contribution in [0.25, 0.3) is 0 Å². The Bertz CT molecular complexity index is 637. The molecule has 1 amide bonds. The van der Waals surface area contributed by atoms with Gasteiger partial charge in [-0.25, -0.2) is 0 Å². The zero-order valence-corrected chi connectivity index (χ0v) is 12.1. The number of anilines is 3.